The summed E-state index contributed by atoms with van der Waals surface area (Å²) >= 11 is 6.22. The number of ether oxygens (including phenoxy) is 2. The van der Waals surface area contributed by atoms with Gasteiger partial charge in [0.05, 0.1) is 10.5 Å². The summed E-state index contributed by atoms with van der Waals surface area (Å²) in [6, 6.07) is 3.42. The predicted octanol–water partition coefficient (Wildman–Crippen LogP) is 5.49. The summed E-state index contributed by atoms with van der Waals surface area (Å²) in [7, 11) is 3.25. The molecule has 0 radical (unpaired) electrons. The third kappa shape index (κ3) is 6.18. The molecule has 1 heterocycles. The van der Waals surface area contributed by atoms with E-state index in [1.165, 1.54) is 4.57 Å². The van der Waals surface area contributed by atoms with Gasteiger partial charge in [-0.15, -0.1) is 0 Å². The standard InChI is InChI=1S/C15H16ClNO3.C2H6O.C2H6/c1-9-7-17(14(19)20-15(2,3)4)13-11(9)6-5-10(8-18)12(13)16;1-3-2;1-2/h5-8H,1-4H3;1-2H3;1-2H3. The molecule has 0 bridgehead atoms. The van der Waals surface area contributed by atoms with Crippen LogP contribution in [0.25, 0.3) is 10.9 Å². The van der Waals surface area contributed by atoms with Gasteiger partial charge in [-0.25, -0.2) is 4.79 Å². The van der Waals surface area contributed by atoms with Crippen molar-refractivity contribution in [3.8, 4) is 0 Å². The Morgan fingerprint density at radius 1 is 1.20 bits per heavy atom. The van der Waals surface area contributed by atoms with Crippen LogP contribution in [0.2, 0.25) is 5.02 Å². The lowest BCUT2D eigenvalue weighted by atomic mass is 10.1. The number of carbonyl (C=O) groups excluding carboxylic acids is 2. The molecule has 0 fully saturated rings. The molecule has 0 spiro atoms. The average molecular weight is 370 g/mol. The van der Waals surface area contributed by atoms with Gasteiger partial charge >= 0.3 is 6.09 Å². The third-order valence-electron chi connectivity index (χ3n) is 2.85. The second kappa shape index (κ2) is 10.2. The summed E-state index contributed by atoms with van der Waals surface area (Å²) in [6.07, 6.45) is 1.82. The minimum atomic E-state index is -0.601. The van der Waals surface area contributed by atoms with E-state index in [1.54, 1.807) is 53.3 Å². The molecule has 6 heteroatoms. The average Bonchev–Trinajstić information content (AvgIpc) is 2.87. The summed E-state index contributed by atoms with van der Waals surface area (Å²) in [6.45, 7) is 11.3. The predicted molar refractivity (Wildman–Crippen MR) is 103 cm³/mol. The van der Waals surface area contributed by atoms with Crippen molar-refractivity contribution < 1.29 is 19.1 Å². The van der Waals surface area contributed by atoms with Crippen molar-refractivity contribution in [2.24, 2.45) is 0 Å². The first-order chi connectivity index (χ1) is 11.7. The Morgan fingerprint density at radius 2 is 1.72 bits per heavy atom. The second-order valence-electron chi connectivity index (χ2n) is 6.05. The summed E-state index contributed by atoms with van der Waals surface area (Å²) < 4.78 is 11.0. The Labute approximate surface area is 154 Å². The molecule has 0 N–H and O–H groups in total. The Hall–Kier alpha value is -1.85. The van der Waals surface area contributed by atoms with E-state index in [0.29, 0.717) is 17.4 Å². The van der Waals surface area contributed by atoms with Gasteiger partial charge in [0.1, 0.15) is 5.60 Å². The molecule has 0 aliphatic carbocycles. The van der Waals surface area contributed by atoms with Gasteiger partial charge in [-0.1, -0.05) is 31.5 Å². The highest BCUT2D eigenvalue weighted by molar-refractivity contribution is 6.38. The fourth-order valence-corrected chi connectivity index (χ4v) is 2.31. The van der Waals surface area contributed by atoms with Gasteiger partial charge in [0.2, 0.25) is 0 Å². The Bertz CT molecular complexity index is 714. The van der Waals surface area contributed by atoms with E-state index in [-0.39, 0.29) is 5.02 Å². The first kappa shape index (κ1) is 23.1. The number of hydrogen-bond donors (Lipinski definition) is 0. The number of aryl methyl sites for hydroxylation is 1. The van der Waals surface area contributed by atoms with Crippen molar-refractivity contribution in [2.75, 3.05) is 14.2 Å². The number of aromatic nitrogens is 1. The molecule has 0 saturated carbocycles. The molecule has 0 aliphatic heterocycles. The van der Waals surface area contributed by atoms with Crippen LogP contribution in [0.15, 0.2) is 18.3 Å². The molecule has 2 rings (SSSR count). The van der Waals surface area contributed by atoms with Gasteiger partial charge in [-0.2, -0.15) is 0 Å². The molecule has 0 atom stereocenters. The number of hydrogen-bond acceptors (Lipinski definition) is 4. The largest absolute Gasteiger partial charge is 0.443 e. The number of aldehydes is 1. The van der Waals surface area contributed by atoms with Gasteiger partial charge in [0.15, 0.2) is 6.29 Å². The van der Waals surface area contributed by atoms with Gasteiger partial charge in [-0.3, -0.25) is 9.36 Å². The number of carbonyl (C=O) groups is 2. The van der Waals surface area contributed by atoms with Crippen molar-refractivity contribution in [3.63, 3.8) is 0 Å². The van der Waals surface area contributed by atoms with E-state index in [0.717, 1.165) is 10.9 Å². The van der Waals surface area contributed by atoms with Crippen LogP contribution >= 0.6 is 11.6 Å². The van der Waals surface area contributed by atoms with Gasteiger partial charge in [0, 0.05) is 31.4 Å². The van der Waals surface area contributed by atoms with Crippen LogP contribution in [0.5, 0.6) is 0 Å². The number of fused-ring (bicyclic) bond motifs is 1. The maximum Gasteiger partial charge on any atom is 0.419 e. The smallest absolute Gasteiger partial charge is 0.419 e. The minimum absolute atomic E-state index is 0.261. The lowest BCUT2D eigenvalue weighted by Crippen LogP contribution is -2.26. The van der Waals surface area contributed by atoms with Gasteiger partial charge in [0.25, 0.3) is 0 Å². The van der Waals surface area contributed by atoms with E-state index in [2.05, 4.69) is 4.74 Å². The number of methoxy groups -OCH3 is 1. The topological polar surface area (TPSA) is 57.5 Å². The van der Waals surface area contributed by atoms with Crippen LogP contribution in [0.4, 0.5) is 4.79 Å². The van der Waals surface area contributed by atoms with Crippen LogP contribution in [0, 0.1) is 6.92 Å². The highest BCUT2D eigenvalue weighted by Crippen LogP contribution is 2.30. The minimum Gasteiger partial charge on any atom is -0.443 e. The Morgan fingerprint density at radius 3 is 2.16 bits per heavy atom. The molecule has 5 nitrogen and oxygen atoms in total. The zero-order valence-electron chi connectivity index (χ0n) is 16.3. The molecule has 0 aliphatic rings. The molecular formula is C19H28ClNO4. The number of benzene rings is 1. The maximum atomic E-state index is 12.2. The van der Waals surface area contributed by atoms with E-state index < -0.39 is 11.7 Å². The van der Waals surface area contributed by atoms with Crippen LogP contribution < -0.4 is 0 Å². The zero-order chi connectivity index (χ0) is 19.8. The molecule has 0 saturated heterocycles. The normalized spacial score (nSPS) is 10.3. The molecule has 25 heavy (non-hydrogen) atoms. The highest BCUT2D eigenvalue weighted by Gasteiger charge is 2.22. The lowest BCUT2D eigenvalue weighted by molar-refractivity contribution is 0.0544. The van der Waals surface area contributed by atoms with Crippen LogP contribution in [0.3, 0.4) is 0 Å². The molecule has 140 valence electrons. The van der Waals surface area contributed by atoms with Gasteiger partial charge < -0.3 is 9.47 Å². The van der Waals surface area contributed by atoms with Crippen molar-refractivity contribution >= 4 is 34.9 Å². The highest BCUT2D eigenvalue weighted by atomic mass is 35.5. The van der Waals surface area contributed by atoms with Crippen molar-refractivity contribution in [3.05, 3.63) is 34.5 Å². The first-order valence-corrected chi connectivity index (χ1v) is 8.42. The molecule has 1 aromatic heterocycles. The SMILES string of the molecule is CC.COC.Cc1cn(C(=O)OC(C)(C)C)c2c(Cl)c(C=O)ccc12. The van der Waals surface area contributed by atoms with E-state index in [4.69, 9.17) is 16.3 Å². The number of nitrogens with zero attached hydrogens (tertiary/aromatic N) is 1. The first-order valence-electron chi connectivity index (χ1n) is 8.05. The fourth-order valence-electron chi connectivity index (χ4n) is 2.01. The van der Waals surface area contributed by atoms with Crippen molar-refractivity contribution in [1.29, 1.82) is 0 Å². The summed E-state index contributed by atoms with van der Waals surface area (Å²) in [5.41, 5.74) is 1.14. The van der Waals surface area contributed by atoms with E-state index in [9.17, 15) is 9.59 Å². The Kier molecular flexibility index (Phi) is 9.46. The maximum absolute atomic E-state index is 12.2. The van der Waals surface area contributed by atoms with E-state index in [1.807, 2.05) is 20.8 Å². The molecule has 0 amide bonds. The summed E-state index contributed by atoms with van der Waals surface area (Å²) in [5.74, 6) is 0. The zero-order valence-corrected chi connectivity index (χ0v) is 17.0. The molecule has 0 unspecified atom stereocenters. The second-order valence-corrected chi connectivity index (χ2v) is 6.43. The van der Waals surface area contributed by atoms with Gasteiger partial charge in [-0.05, 0) is 39.3 Å². The van der Waals surface area contributed by atoms with E-state index >= 15 is 0 Å². The third-order valence-corrected chi connectivity index (χ3v) is 3.25. The number of rotatable bonds is 1. The van der Waals surface area contributed by atoms with Crippen molar-refractivity contribution in [2.45, 2.75) is 47.1 Å². The fraction of sp³-hybridized carbons (Fsp3) is 0.474. The lowest BCUT2D eigenvalue weighted by Gasteiger charge is -2.20. The molecule has 1 aromatic carbocycles. The van der Waals surface area contributed by atoms with Crippen molar-refractivity contribution in [1.82, 2.24) is 4.57 Å². The number of halogens is 1. The van der Waals surface area contributed by atoms with Crippen LogP contribution in [-0.4, -0.2) is 36.8 Å². The quantitative estimate of drug-likeness (QED) is 0.624. The molecular weight excluding hydrogens is 342 g/mol. The summed E-state index contributed by atoms with van der Waals surface area (Å²) in [5, 5.41) is 1.09. The molecule has 2 aromatic rings. The summed E-state index contributed by atoms with van der Waals surface area (Å²) in [4.78, 5) is 23.2. The van der Waals surface area contributed by atoms with Crippen LogP contribution in [0.1, 0.15) is 50.5 Å². The monoisotopic (exact) mass is 369 g/mol. The van der Waals surface area contributed by atoms with Crippen LogP contribution in [-0.2, 0) is 9.47 Å². The Balaban J connectivity index is 0.00000104.